The number of likely N-dealkylation sites (tertiary alicyclic amines) is 1. The highest BCUT2D eigenvalue weighted by atomic mass is 79.9. The molecule has 0 bridgehead atoms. The zero-order valence-corrected chi connectivity index (χ0v) is 15.7. The third kappa shape index (κ3) is 3.04. The normalized spacial score (nSPS) is 27.5. The number of nitrogens with two attached hydrogens (primary N) is 1. The Morgan fingerprint density at radius 3 is 2.88 bits per heavy atom. The lowest BCUT2D eigenvalue weighted by atomic mass is 10.1. The number of aromatic amines is 1. The Morgan fingerprint density at radius 1 is 1.40 bits per heavy atom. The van der Waals surface area contributed by atoms with Crippen LogP contribution in [0.25, 0.3) is 10.3 Å². The molecule has 2 aliphatic rings. The van der Waals surface area contributed by atoms with Gasteiger partial charge in [-0.3, -0.25) is 24.0 Å². The van der Waals surface area contributed by atoms with Gasteiger partial charge in [-0.1, -0.05) is 11.3 Å². The number of anilines is 1. The number of rotatable bonds is 4. The first kappa shape index (κ1) is 17.2. The van der Waals surface area contributed by atoms with E-state index >= 15 is 0 Å². The Hall–Kier alpha value is -1.27. The average Bonchev–Trinajstić information content (AvgIpc) is 3.26. The number of fused-ring (bicyclic) bond motifs is 1. The highest BCUT2D eigenvalue weighted by molar-refractivity contribution is 9.06. The number of nitrogens with zero attached hydrogens (tertiary/aromatic N) is 3. The maximum atomic E-state index is 12.6. The van der Waals surface area contributed by atoms with E-state index in [0.29, 0.717) is 6.61 Å². The van der Waals surface area contributed by atoms with Gasteiger partial charge in [0.25, 0.3) is 5.56 Å². The Kier molecular flexibility index (Phi) is 4.67. The SMILES string of the molecule is Nc1nc2c(sc(=O)n2[C@@H]2O[C@H](COBr)C[C@H]2N2CCCC2)c(=O)[nH]1. The van der Waals surface area contributed by atoms with Crippen LogP contribution in [0.5, 0.6) is 0 Å². The highest BCUT2D eigenvalue weighted by Crippen LogP contribution is 2.35. The predicted octanol–water partition coefficient (Wildman–Crippen LogP) is 0.807. The van der Waals surface area contributed by atoms with Gasteiger partial charge in [-0.2, -0.15) is 4.98 Å². The zero-order valence-electron chi connectivity index (χ0n) is 13.3. The molecule has 0 amide bonds. The fraction of sp³-hybridized carbons (Fsp3) is 0.643. The van der Waals surface area contributed by atoms with E-state index in [2.05, 4.69) is 31.1 Å². The Labute approximate surface area is 155 Å². The van der Waals surface area contributed by atoms with Crippen molar-refractivity contribution in [2.45, 2.75) is 37.6 Å². The quantitative estimate of drug-likeness (QED) is 0.735. The summed E-state index contributed by atoms with van der Waals surface area (Å²) in [6.45, 7) is 2.33. The van der Waals surface area contributed by atoms with Crippen molar-refractivity contribution in [3.63, 3.8) is 0 Å². The van der Waals surface area contributed by atoms with Gasteiger partial charge in [-0.25, -0.2) is 0 Å². The van der Waals surface area contributed by atoms with Gasteiger partial charge in [0.15, 0.2) is 11.9 Å². The molecular weight excluding hydrogens is 414 g/mol. The lowest BCUT2D eigenvalue weighted by molar-refractivity contribution is -0.0311. The van der Waals surface area contributed by atoms with E-state index in [4.69, 9.17) is 14.3 Å². The van der Waals surface area contributed by atoms with Crippen molar-refractivity contribution in [3.05, 3.63) is 20.0 Å². The van der Waals surface area contributed by atoms with Gasteiger partial charge in [0.1, 0.15) is 4.70 Å². The van der Waals surface area contributed by atoms with Crippen molar-refractivity contribution >= 4 is 43.9 Å². The summed E-state index contributed by atoms with van der Waals surface area (Å²) in [6, 6.07) is 0.0352. The summed E-state index contributed by atoms with van der Waals surface area (Å²) in [7, 11) is 0. The molecule has 136 valence electrons. The van der Waals surface area contributed by atoms with Crippen LogP contribution in [0.4, 0.5) is 5.95 Å². The number of hydrogen-bond donors (Lipinski definition) is 2. The molecule has 0 radical (unpaired) electrons. The second kappa shape index (κ2) is 6.80. The first-order valence-corrected chi connectivity index (χ1v) is 9.58. The largest absolute Gasteiger partial charge is 0.369 e. The fourth-order valence-electron chi connectivity index (χ4n) is 3.71. The van der Waals surface area contributed by atoms with Gasteiger partial charge in [-0.15, -0.1) is 0 Å². The van der Waals surface area contributed by atoms with Crippen LogP contribution < -0.4 is 16.2 Å². The van der Waals surface area contributed by atoms with Crippen LogP contribution >= 0.6 is 27.6 Å². The molecule has 4 rings (SSSR count). The molecule has 0 aliphatic carbocycles. The zero-order chi connectivity index (χ0) is 17.6. The summed E-state index contributed by atoms with van der Waals surface area (Å²) in [5.74, 6) is -0.0138. The first-order valence-electron chi connectivity index (χ1n) is 8.12. The predicted molar refractivity (Wildman–Crippen MR) is 96.9 cm³/mol. The summed E-state index contributed by atoms with van der Waals surface area (Å²) in [5.41, 5.74) is 5.56. The Balaban J connectivity index is 1.80. The summed E-state index contributed by atoms with van der Waals surface area (Å²) < 4.78 is 12.9. The van der Waals surface area contributed by atoms with E-state index in [9.17, 15) is 9.59 Å². The van der Waals surface area contributed by atoms with E-state index in [1.165, 1.54) is 4.57 Å². The van der Waals surface area contributed by atoms with E-state index in [0.717, 1.165) is 43.7 Å². The molecule has 0 saturated carbocycles. The molecular formula is C14H18BrN5O4S. The second-order valence-electron chi connectivity index (χ2n) is 6.31. The van der Waals surface area contributed by atoms with Gasteiger partial charge >= 0.3 is 4.87 Å². The molecule has 3 N–H and O–H groups in total. The summed E-state index contributed by atoms with van der Waals surface area (Å²) >= 11 is 3.84. The fourth-order valence-corrected chi connectivity index (χ4v) is 4.85. The van der Waals surface area contributed by atoms with Gasteiger partial charge in [0, 0.05) is 0 Å². The van der Waals surface area contributed by atoms with E-state index < -0.39 is 11.8 Å². The molecule has 3 atom stereocenters. The van der Waals surface area contributed by atoms with Crippen LogP contribution in [0.3, 0.4) is 0 Å². The van der Waals surface area contributed by atoms with Crippen LogP contribution in [0.15, 0.2) is 9.59 Å². The maximum absolute atomic E-state index is 12.6. The van der Waals surface area contributed by atoms with E-state index in [1.807, 2.05) is 0 Å². The standard InChI is InChI=1S/C14H18BrN5O4S/c15-23-6-7-5-8(19-3-1-2-4-19)12(24-7)20-10-9(25-14(20)22)11(21)18-13(16)17-10/h7-8,12H,1-6H2,(H3,16,17,18,21)/t7-,8+,12+/m0/s1. The smallest absolute Gasteiger partial charge is 0.311 e. The van der Waals surface area contributed by atoms with Crippen LogP contribution in [-0.2, 0) is 8.57 Å². The van der Waals surface area contributed by atoms with Crippen LogP contribution in [0.1, 0.15) is 25.5 Å². The first-order chi connectivity index (χ1) is 12.1. The number of aromatic nitrogens is 3. The number of thiazole rings is 1. The van der Waals surface area contributed by atoms with Crippen LogP contribution in [0, 0.1) is 0 Å². The molecule has 11 heteroatoms. The molecule has 4 heterocycles. The maximum Gasteiger partial charge on any atom is 0.311 e. The minimum Gasteiger partial charge on any atom is -0.369 e. The molecule has 2 aromatic rings. The molecule has 2 aliphatic heterocycles. The number of nitrogen functional groups attached to an aromatic ring is 1. The number of ether oxygens (including phenoxy) is 1. The van der Waals surface area contributed by atoms with Crippen molar-refractivity contribution in [1.29, 1.82) is 0 Å². The summed E-state index contributed by atoms with van der Waals surface area (Å²) in [5, 5.41) is 0. The molecule has 2 saturated heterocycles. The third-order valence-corrected chi connectivity index (χ3v) is 5.98. The molecule has 2 fully saturated rings. The molecule has 9 nitrogen and oxygen atoms in total. The highest BCUT2D eigenvalue weighted by Gasteiger charge is 2.42. The molecule has 25 heavy (non-hydrogen) atoms. The molecule has 0 aromatic carbocycles. The van der Waals surface area contributed by atoms with Crippen molar-refractivity contribution in [2.24, 2.45) is 0 Å². The van der Waals surface area contributed by atoms with Gasteiger partial charge in [0.2, 0.25) is 5.95 Å². The Morgan fingerprint density at radius 2 is 2.16 bits per heavy atom. The van der Waals surface area contributed by atoms with E-state index in [1.54, 1.807) is 0 Å². The van der Waals surface area contributed by atoms with Crippen molar-refractivity contribution in [1.82, 2.24) is 19.4 Å². The minimum absolute atomic E-state index is 0.0138. The second-order valence-corrected chi connectivity index (χ2v) is 7.73. The summed E-state index contributed by atoms with van der Waals surface area (Å²) in [6.07, 6.45) is 2.36. The van der Waals surface area contributed by atoms with Crippen molar-refractivity contribution < 1.29 is 8.57 Å². The van der Waals surface area contributed by atoms with Gasteiger partial charge in [0.05, 0.1) is 35.0 Å². The van der Waals surface area contributed by atoms with Crippen LogP contribution in [0.2, 0.25) is 0 Å². The van der Waals surface area contributed by atoms with E-state index in [-0.39, 0.29) is 33.3 Å². The number of nitrogens with one attached hydrogen (secondary N) is 1. The summed E-state index contributed by atoms with van der Waals surface area (Å²) in [4.78, 5) is 33.4. The number of halogens is 1. The molecule has 0 unspecified atom stereocenters. The van der Waals surface area contributed by atoms with Gasteiger partial charge in [-0.05, 0) is 32.4 Å². The molecule has 0 spiro atoms. The minimum atomic E-state index is -0.513. The molecule has 2 aromatic heterocycles. The lowest BCUT2D eigenvalue weighted by Gasteiger charge is -2.28. The lowest BCUT2D eigenvalue weighted by Crippen LogP contribution is -2.39. The number of hydrogen-bond acceptors (Lipinski definition) is 8. The third-order valence-electron chi connectivity index (χ3n) is 4.77. The van der Waals surface area contributed by atoms with Crippen LogP contribution in [-0.4, -0.2) is 51.3 Å². The topological polar surface area (TPSA) is 115 Å². The van der Waals surface area contributed by atoms with Gasteiger partial charge < -0.3 is 14.3 Å². The number of H-pyrrole nitrogens is 1. The monoisotopic (exact) mass is 431 g/mol. The van der Waals surface area contributed by atoms with Crippen molar-refractivity contribution in [3.8, 4) is 0 Å². The van der Waals surface area contributed by atoms with Crippen molar-refractivity contribution in [2.75, 3.05) is 25.4 Å². The Bertz CT molecular complexity index is 889. The average molecular weight is 432 g/mol.